The summed E-state index contributed by atoms with van der Waals surface area (Å²) in [6.45, 7) is 0.671. The predicted octanol–water partition coefficient (Wildman–Crippen LogP) is 0.684. The lowest BCUT2D eigenvalue weighted by molar-refractivity contribution is 0.760. The van der Waals surface area contributed by atoms with Crippen LogP contribution in [-0.2, 0) is 13.5 Å². The molecule has 1 rings (SSSR count). The van der Waals surface area contributed by atoms with E-state index in [4.69, 9.17) is 5.73 Å². The Morgan fingerprint density at radius 3 is 2.90 bits per heavy atom. The standard InChI is InChI=1S/C6H10BrN3/c1-10-4-5(2-3-8)6(7)9-10/h4H,2-3,8H2,1H3. The molecule has 0 saturated heterocycles. The van der Waals surface area contributed by atoms with Gasteiger partial charge in [0.15, 0.2) is 0 Å². The van der Waals surface area contributed by atoms with Crippen LogP contribution in [0.25, 0.3) is 0 Å². The molecule has 0 bridgehead atoms. The number of aromatic nitrogens is 2. The maximum Gasteiger partial charge on any atom is 0.131 e. The summed E-state index contributed by atoms with van der Waals surface area (Å²) >= 11 is 3.33. The van der Waals surface area contributed by atoms with Crippen LogP contribution in [-0.4, -0.2) is 16.3 Å². The number of hydrogen-bond donors (Lipinski definition) is 1. The van der Waals surface area contributed by atoms with Gasteiger partial charge >= 0.3 is 0 Å². The number of nitrogens with two attached hydrogens (primary N) is 1. The summed E-state index contributed by atoms with van der Waals surface area (Å²) in [6, 6.07) is 0. The van der Waals surface area contributed by atoms with E-state index in [9.17, 15) is 0 Å². The first kappa shape index (κ1) is 7.75. The first-order chi connectivity index (χ1) is 4.74. The summed E-state index contributed by atoms with van der Waals surface area (Å²) < 4.78 is 2.68. The molecule has 1 heterocycles. The van der Waals surface area contributed by atoms with Gasteiger partial charge in [0.1, 0.15) is 4.60 Å². The first-order valence-corrected chi connectivity index (χ1v) is 3.91. The molecule has 10 heavy (non-hydrogen) atoms. The monoisotopic (exact) mass is 203 g/mol. The van der Waals surface area contributed by atoms with E-state index in [-0.39, 0.29) is 0 Å². The highest BCUT2D eigenvalue weighted by molar-refractivity contribution is 9.10. The molecule has 0 aromatic carbocycles. The fourth-order valence-electron chi connectivity index (χ4n) is 0.834. The Bertz CT molecular complexity index is 219. The molecule has 0 spiro atoms. The summed E-state index contributed by atoms with van der Waals surface area (Å²) in [5.74, 6) is 0. The molecule has 0 atom stereocenters. The van der Waals surface area contributed by atoms with Crippen LogP contribution >= 0.6 is 15.9 Å². The molecule has 0 saturated carbocycles. The summed E-state index contributed by atoms with van der Waals surface area (Å²) in [4.78, 5) is 0. The van der Waals surface area contributed by atoms with E-state index in [2.05, 4.69) is 21.0 Å². The molecule has 0 aliphatic heterocycles. The Balaban J connectivity index is 2.81. The van der Waals surface area contributed by atoms with Crippen molar-refractivity contribution in [2.24, 2.45) is 12.8 Å². The quantitative estimate of drug-likeness (QED) is 0.769. The van der Waals surface area contributed by atoms with Crippen LogP contribution in [0.4, 0.5) is 0 Å². The normalized spacial score (nSPS) is 10.3. The van der Waals surface area contributed by atoms with Crippen molar-refractivity contribution in [3.8, 4) is 0 Å². The third-order valence-electron chi connectivity index (χ3n) is 1.27. The van der Waals surface area contributed by atoms with Crippen molar-refractivity contribution in [3.63, 3.8) is 0 Å². The average Bonchev–Trinajstić information content (AvgIpc) is 2.13. The number of rotatable bonds is 2. The third-order valence-corrected chi connectivity index (χ3v) is 1.93. The summed E-state index contributed by atoms with van der Waals surface area (Å²) in [5.41, 5.74) is 6.55. The van der Waals surface area contributed by atoms with Crippen molar-refractivity contribution in [3.05, 3.63) is 16.4 Å². The number of halogens is 1. The van der Waals surface area contributed by atoms with Gasteiger partial charge in [-0.2, -0.15) is 5.10 Å². The van der Waals surface area contributed by atoms with Crippen LogP contribution in [0.5, 0.6) is 0 Å². The highest BCUT2D eigenvalue weighted by Crippen LogP contribution is 2.12. The fraction of sp³-hybridized carbons (Fsp3) is 0.500. The van der Waals surface area contributed by atoms with Crippen LogP contribution in [0, 0.1) is 0 Å². The van der Waals surface area contributed by atoms with Crippen LogP contribution in [0.1, 0.15) is 5.56 Å². The van der Waals surface area contributed by atoms with Gasteiger partial charge < -0.3 is 5.73 Å². The lowest BCUT2D eigenvalue weighted by Gasteiger charge is -1.89. The molecule has 0 amide bonds. The summed E-state index contributed by atoms with van der Waals surface area (Å²) in [5, 5.41) is 4.11. The molecule has 3 nitrogen and oxygen atoms in total. The van der Waals surface area contributed by atoms with Crippen molar-refractivity contribution in [1.82, 2.24) is 9.78 Å². The Morgan fingerprint density at radius 2 is 2.50 bits per heavy atom. The molecule has 0 aliphatic carbocycles. The average molecular weight is 204 g/mol. The molecule has 56 valence electrons. The zero-order valence-electron chi connectivity index (χ0n) is 5.84. The molecule has 0 fully saturated rings. The Kier molecular flexibility index (Phi) is 2.45. The minimum absolute atomic E-state index is 0.671. The molecule has 4 heteroatoms. The molecular weight excluding hydrogens is 194 g/mol. The zero-order valence-corrected chi connectivity index (χ0v) is 7.43. The minimum atomic E-state index is 0.671. The molecule has 0 radical (unpaired) electrons. The molecule has 2 N–H and O–H groups in total. The van der Waals surface area contributed by atoms with Gasteiger partial charge in [0.2, 0.25) is 0 Å². The van der Waals surface area contributed by atoms with Gasteiger partial charge in [0, 0.05) is 18.8 Å². The molecule has 0 unspecified atom stereocenters. The minimum Gasteiger partial charge on any atom is -0.330 e. The second-order valence-corrected chi connectivity index (χ2v) is 2.91. The number of nitrogens with zero attached hydrogens (tertiary/aromatic N) is 2. The molecular formula is C6H10BrN3. The Hall–Kier alpha value is -0.350. The van der Waals surface area contributed by atoms with Crippen molar-refractivity contribution < 1.29 is 0 Å². The smallest absolute Gasteiger partial charge is 0.131 e. The van der Waals surface area contributed by atoms with Crippen LogP contribution < -0.4 is 5.73 Å². The van der Waals surface area contributed by atoms with Crippen LogP contribution in [0.2, 0.25) is 0 Å². The van der Waals surface area contributed by atoms with Gasteiger partial charge in [0.25, 0.3) is 0 Å². The lowest BCUT2D eigenvalue weighted by Crippen LogP contribution is -2.02. The lowest BCUT2D eigenvalue weighted by atomic mass is 10.3. The Labute approximate surface area is 68.3 Å². The highest BCUT2D eigenvalue weighted by Gasteiger charge is 2.01. The van der Waals surface area contributed by atoms with E-state index >= 15 is 0 Å². The van der Waals surface area contributed by atoms with Crippen molar-refractivity contribution in [2.75, 3.05) is 6.54 Å². The topological polar surface area (TPSA) is 43.8 Å². The van der Waals surface area contributed by atoms with Crippen molar-refractivity contribution >= 4 is 15.9 Å². The van der Waals surface area contributed by atoms with Crippen molar-refractivity contribution in [2.45, 2.75) is 6.42 Å². The SMILES string of the molecule is Cn1cc(CCN)c(Br)n1. The van der Waals surface area contributed by atoms with Crippen LogP contribution in [0.15, 0.2) is 10.8 Å². The van der Waals surface area contributed by atoms with Gasteiger partial charge in [-0.05, 0) is 28.9 Å². The zero-order chi connectivity index (χ0) is 7.56. The van der Waals surface area contributed by atoms with Crippen LogP contribution in [0.3, 0.4) is 0 Å². The van der Waals surface area contributed by atoms with E-state index in [1.165, 1.54) is 5.56 Å². The van der Waals surface area contributed by atoms with E-state index in [1.807, 2.05) is 13.2 Å². The van der Waals surface area contributed by atoms with E-state index < -0.39 is 0 Å². The fourth-order valence-corrected chi connectivity index (χ4v) is 1.38. The summed E-state index contributed by atoms with van der Waals surface area (Å²) in [7, 11) is 1.89. The van der Waals surface area contributed by atoms with Gasteiger partial charge in [-0.3, -0.25) is 4.68 Å². The second-order valence-electron chi connectivity index (χ2n) is 2.16. The maximum atomic E-state index is 5.38. The second kappa shape index (κ2) is 3.16. The first-order valence-electron chi connectivity index (χ1n) is 3.12. The molecule has 1 aromatic heterocycles. The Morgan fingerprint density at radius 1 is 1.80 bits per heavy atom. The van der Waals surface area contributed by atoms with E-state index in [0.29, 0.717) is 6.54 Å². The van der Waals surface area contributed by atoms with Gasteiger partial charge in [-0.15, -0.1) is 0 Å². The number of aryl methyl sites for hydroxylation is 1. The predicted molar refractivity (Wildman–Crippen MR) is 43.7 cm³/mol. The van der Waals surface area contributed by atoms with Gasteiger partial charge in [-0.1, -0.05) is 0 Å². The highest BCUT2D eigenvalue weighted by atomic mass is 79.9. The third kappa shape index (κ3) is 1.58. The van der Waals surface area contributed by atoms with Crippen molar-refractivity contribution in [1.29, 1.82) is 0 Å². The number of hydrogen-bond acceptors (Lipinski definition) is 2. The maximum absolute atomic E-state index is 5.38. The van der Waals surface area contributed by atoms with Gasteiger partial charge in [-0.25, -0.2) is 0 Å². The largest absolute Gasteiger partial charge is 0.330 e. The van der Waals surface area contributed by atoms with E-state index in [0.717, 1.165) is 11.0 Å². The molecule has 1 aromatic rings. The van der Waals surface area contributed by atoms with Gasteiger partial charge in [0.05, 0.1) is 0 Å². The summed E-state index contributed by atoms with van der Waals surface area (Å²) in [6.07, 6.45) is 2.85. The molecule has 0 aliphatic rings. The van der Waals surface area contributed by atoms with E-state index in [1.54, 1.807) is 4.68 Å².